The van der Waals surface area contributed by atoms with Crippen molar-refractivity contribution in [2.75, 3.05) is 5.32 Å². The van der Waals surface area contributed by atoms with Crippen LogP contribution in [0.1, 0.15) is 43.1 Å². The third-order valence-corrected chi connectivity index (χ3v) is 5.30. The summed E-state index contributed by atoms with van der Waals surface area (Å²) < 4.78 is 15.5. The molecule has 4 heterocycles. The van der Waals surface area contributed by atoms with Crippen molar-refractivity contribution >= 4 is 11.6 Å². The summed E-state index contributed by atoms with van der Waals surface area (Å²) in [4.78, 5) is 20.9. The van der Waals surface area contributed by atoms with Crippen LogP contribution in [0.4, 0.5) is 10.3 Å². The highest BCUT2D eigenvalue weighted by atomic mass is 19.1. The van der Waals surface area contributed by atoms with Gasteiger partial charge in [0.05, 0.1) is 24.4 Å². The molecular weight excluding hydrogens is 371 g/mol. The molecule has 0 radical (unpaired) electrons. The highest BCUT2D eigenvalue weighted by Gasteiger charge is 2.23. The summed E-state index contributed by atoms with van der Waals surface area (Å²) in [6.07, 6.45) is 8.99. The van der Waals surface area contributed by atoms with Gasteiger partial charge in [-0.1, -0.05) is 13.8 Å². The normalized spacial score (nSPS) is 16.3. The predicted octanol–water partition coefficient (Wildman–Crippen LogP) is 3.14. The van der Waals surface area contributed by atoms with Crippen LogP contribution in [0.15, 0.2) is 31.0 Å². The monoisotopic (exact) mass is 392 g/mol. The Kier molecular flexibility index (Phi) is 4.22. The van der Waals surface area contributed by atoms with Crippen molar-refractivity contribution in [2.24, 2.45) is 0 Å². The molecule has 5 rings (SSSR count). The van der Waals surface area contributed by atoms with E-state index in [4.69, 9.17) is 0 Å². The molecule has 4 aromatic heterocycles. The lowest BCUT2D eigenvalue weighted by Crippen LogP contribution is -2.29. The number of imidazole rings is 1. The summed E-state index contributed by atoms with van der Waals surface area (Å²) in [6, 6.07) is 1.57. The van der Waals surface area contributed by atoms with Gasteiger partial charge in [-0.05, 0) is 24.8 Å². The standard InChI is InChI=1S/C20H21FN8/c1-11(2)15-9-25-29-19(15)27-18(12-5-13(21)8-22-7-12)28-20(29)26-14-3-4-16-17(6-14)24-10-23-16/h5,7-11,14H,3-4,6H2,1-2H3,(H,23,24)(H,26,27,28)/t14-/m0/s1. The Bertz CT molecular complexity index is 1180. The van der Waals surface area contributed by atoms with E-state index in [1.54, 1.807) is 17.0 Å². The molecule has 0 aromatic carbocycles. The number of aromatic nitrogens is 7. The minimum atomic E-state index is -0.420. The second kappa shape index (κ2) is 6.91. The molecule has 148 valence electrons. The molecule has 9 heteroatoms. The molecule has 8 nitrogen and oxygen atoms in total. The van der Waals surface area contributed by atoms with Gasteiger partial charge < -0.3 is 10.3 Å². The lowest BCUT2D eigenvalue weighted by Gasteiger charge is -2.23. The fourth-order valence-electron chi connectivity index (χ4n) is 3.76. The van der Waals surface area contributed by atoms with Gasteiger partial charge in [-0.15, -0.1) is 0 Å². The van der Waals surface area contributed by atoms with Crippen molar-refractivity contribution in [2.45, 2.75) is 45.1 Å². The quantitative estimate of drug-likeness (QED) is 0.554. The van der Waals surface area contributed by atoms with Crippen molar-refractivity contribution in [1.82, 2.24) is 34.5 Å². The van der Waals surface area contributed by atoms with Gasteiger partial charge >= 0.3 is 0 Å². The highest BCUT2D eigenvalue weighted by molar-refractivity contribution is 5.62. The second-order valence-corrected chi connectivity index (χ2v) is 7.66. The zero-order valence-electron chi connectivity index (χ0n) is 16.2. The topological polar surface area (TPSA) is 96.7 Å². The van der Waals surface area contributed by atoms with Crippen LogP contribution >= 0.6 is 0 Å². The fourth-order valence-corrected chi connectivity index (χ4v) is 3.76. The summed E-state index contributed by atoms with van der Waals surface area (Å²) >= 11 is 0. The molecule has 29 heavy (non-hydrogen) atoms. The van der Waals surface area contributed by atoms with Crippen molar-refractivity contribution in [3.05, 3.63) is 53.8 Å². The Balaban J connectivity index is 1.58. The van der Waals surface area contributed by atoms with E-state index < -0.39 is 5.82 Å². The van der Waals surface area contributed by atoms with E-state index >= 15 is 0 Å². The zero-order valence-corrected chi connectivity index (χ0v) is 16.2. The molecule has 0 unspecified atom stereocenters. The van der Waals surface area contributed by atoms with Crippen molar-refractivity contribution in [1.29, 1.82) is 0 Å². The van der Waals surface area contributed by atoms with Crippen LogP contribution in [-0.4, -0.2) is 40.6 Å². The largest absolute Gasteiger partial charge is 0.351 e. The van der Waals surface area contributed by atoms with Gasteiger partial charge in [0.2, 0.25) is 5.95 Å². The van der Waals surface area contributed by atoms with Crippen LogP contribution in [0.5, 0.6) is 0 Å². The van der Waals surface area contributed by atoms with Gasteiger partial charge in [0.15, 0.2) is 11.5 Å². The van der Waals surface area contributed by atoms with Crippen molar-refractivity contribution < 1.29 is 4.39 Å². The SMILES string of the molecule is CC(C)c1cnn2c(N[C@H]3CCc4[nH]cnc4C3)nc(-c3cncc(F)c3)nc12. The number of nitrogens with one attached hydrogen (secondary N) is 2. The summed E-state index contributed by atoms with van der Waals surface area (Å²) in [7, 11) is 0. The molecule has 2 N–H and O–H groups in total. The molecule has 0 saturated carbocycles. The number of anilines is 1. The number of fused-ring (bicyclic) bond motifs is 2. The third kappa shape index (κ3) is 3.22. The molecule has 4 aromatic rings. The first-order chi connectivity index (χ1) is 14.1. The Labute approximate surface area is 166 Å². The number of aryl methyl sites for hydroxylation is 1. The molecule has 0 spiro atoms. The molecule has 0 amide bonds. The number of halogens is 1. The van der Waals surface area contributed by atoms with E-state index in [0.29, 0.717) is 23.0 Å². The maximum Gasteiger partial charge on any atom is 0.228 e. The van der Waals surface area contributed by atoms with Gasteiger partial charge in [-0.2, -0.15) is 14.6 Å². The summed E-state index contributed by atoms with van der Waals surface area (Å²) in [5, 5.41) is 8.02. The smallest absolute Gasteiger partial charge is 0.228 e. The summed E-state index contributed by atoms with van der Waals surface area (Å²) in [5.74, 6) is 0.835. The van der Waals surface area contributed by atoms with E-state index in [1.165, 1.54) is 18.0 Å². The molecule has 0 saturated heterocycles. The number of H-pyrrole nitrogens is 1. The molecule has 1 aliphatic carbocycles. The van der Waals surface area contributed by atoms with Crippen LogP contribution in [-0.2, 0) is 12.8 Å². The minimum absolute atomic E-state index is 0.175. The zero-order chi connectivity index (χ0) is 20.0. The lowest BCUT2D eigenvalue weighted by molar-refractivity contribution is 0.590. The predicted molar refractivity (Wildman–Crippen MR) is 106 cm³/mol. The van der Waals surface area contributed by atoms with Gasteiger partial charge in [-0.3, -0.25) is 4.98 Å². The number of nitrogens with zero attached hydrogens (tertiary/aromatic N) is 6. The van der Waals surface area contributed by atoms with Crippen LogP contribution in [0.25, 0.3) is 17.0 Å². The maximum atomic E-state index is 13.7. The van der Waals surface area contributed by atoms with E-state index in [1.807, 2.05) is 6.20 Å². The minimum Gasteiger partial charge on any atom is -0.351 e. The van der Waals surface area contributed by atoms with E-state index in [2.05, 4.69) is 49.2 Å². The first kappa shape index (κ1) is 17.7. The average Bonchev–Trinajstić information content (AvgIpc) is 3.34. The first-order valence-electron chi connectivity index (χ1n) is 9.72. The molecule has 1 atom stereocenters. The van der Waals surface area contributed by atoms with E-state index in [9.17, 15) is 4.39 Å². The second-order valence-electron chi connectivity index (χ2n) is 7.66. The van der Waals surface area contributed by atoms with Crippen LogP contribution in [0.3, 0.4) is 0 Å². The fraction of sp³-hybridized carbons (Fsp3) is 0.350. The molecular formula is C20H21FN8. The average molecular weight is 392 g/mol. The number of hydrogen-bond donors (Lipinski definition) is 2. The number of rotatable bonds is 4. The lowest BCUT2D eigenvalue weighted by atomic mass is 9.96. The Morgan fingerprint density at radius 3 is 2.97 bits per heavy atom. The third-order valence-electron chi connectivity index (χ3n) is 5.30. The molecule has 0 bridgehead atoms. The maximum absolute atomic E-state index is 13.7. The van der Waals surface area contributed by atoms with Gasteiger partial charge in [0.25, 0.3) is 0 Å². The first-order valence-corrected chi connectivity index (χ1v) is 9.72. The Hall–Kier alpha value is -3.36. The van der Waals surface area contributed by atoms with Gasteiger partial charge in [0.1, 0.15) is 5.82 Å². The van der Waals surface area contributed by atoms with Crippen LogP contribution < -0.4 is 5.32 Å². The number of pyridine rings is 1. The number of hydrogen-bond acceptors (Lipinski definition) is 6. The highest BCUT2D eigenvalue weighted by Crippen LogP contribution is 2.26. The summed E-state index contributed by atoms with van der Waals surface area (Å²) in [6.45, 7) is 4.19. The molecule has 1 aliphatic rings. The van der Waals surface area contributed by atoms with Gasteiger partial charge in [-0.25, -0.2) is 14.4 Å². The van der Waals surface area contributed by atoms with Gasteiger partial charge in [0, 0.05) is 35.5 Å². The van der Waals surface area contributed by atoms with Crippen LogP contribution in [0.2, 0.25) is 0 Å². The molecule has 0 aliphatic heterocycles. The Morgan fingerprint density at radius 1 is 1.24 bits per heavy atom. The summed E-state index contributed by atoms with van der Waals surface area (Å²) in [5.41, 5.74) is 4.54. The number of aromatic amines is 1. The van der Waals surface area contributed by atoms with Crippen molar-refractivity contribution in [3.63, 3.8) is 0 Å². The van der Waals surface area contributed by atoms with Crippen molar-refractivity contribution in [3.8, 4) is 11.4 Å². The van der Waals surface area contributed by atoms with Crippen LogP contribution in [0, 0.1) is 5.82 Å². The molecule has 0 fully saturated rings. The van der Waals surface area contributed by atoms with E-state index in [-0.39, 0.29) is 12.0 Å². The Morgan fingerprint density at radius 2 is 2.14 bits per heavy atom. The van der Waals surface area contributed by atoms with E-state index in [0.717, 1.165) is 30.5 Å².